The van der Waals surface area contributed by atoms with Crippen LogP contribution in [0.1, 0.15) is 42.2 Å². The molecule has 1 aliphatic heterocycles. The third-order valence-electron chi connectivity index (χ3n) is 5.27. The fourth-order valence-electron chi connectivity index (χ4n) is 3.80. The molecule has 1 unspecified atom stereocenters. The van der Waals surface area contributed by atoms with Gasteiger partial charge in [0.25, 0.3) is 5.91 Å². The zero-order valence-corrected chi connectivity index (χ0v) is 17.8. The monoisotopic (exact) mass is 411 g/mol. The van der Waals surface area contributed by atoms with Crippen molar-refractivity contribution in [3.63, 3.8) is 0 Å². The maximum absolute atomic E-state index is 13.2. The molecule has 1 atom stereocenters. The Bertz CT molecular complexity index is 886. The summed E-state index contributed by atoms with van der Waals surface area (Å²) in [6, 6.07) is 9.25. The average molecular weight is 412 g/mol. The van der Waals surface area contributed by atoms with Gasteiger partial charge in [0.05, 0.1) is 19.9 Å². The molecule has 160 valence electrons. The number of anilines is 1. The highest BCUT2D eigenvalue weighted by Gasteiger charge is 2.28. The van der Waals surface area contributed by atoms with E-state index in [-0.39, 0.29) is 11.8 Å². The number of carbonyl (C=O) groups is 2. The summed E-state index contributed by atoms with van der Waals surface area (Å²) >= 11 is 0. The van der Waals surface area contributed by atoms with Crippen molar-refractivity contribution in [2.24, 2.45) is 5.92 Å². The van der Waals surface area contributed by atoms with Crippen molar-refractivity contribution < 1.29 is 19.1 Å². The van der Waals surface area contributed by atoms with Crippen molar-refractivity contribution in [1.82, 2.24) is 9.88 Å². The van der Waals surface area contributed by atoms with E-state index in [0.717, 1.165) is 25.0 Å². The summed E-state index contributed by atoms with van der Waals surface area (Å²) in [6.07, 6.45) is 4.72. The molecular weight excluding hydrogens is 382 g/mol. The number of methoxy groups -OCH3 is 2. The molecule has 1 aromatic heterocycles. The molecule has 1 fully saturated rings. The molecule has 0 spiro atoms. The molecule has 1 aromatic carbocycles. The Balaban J connectivity index is 1.77. The summed E-state index contributed by atoms with van der Waals surface area (Å²) in [5.74, 6) is 1.00. The second kappa shape index (κ2) is 10.1. The van der Waals surface area contributed by atoms with Crippen LogP contribution in [0.5, 0.6) is 11.5 Å². The van der Waals surface area contributed by atoms with Gasteiger partial charge in [-0.2, -0.15) is 0 Å². The summed E-state index contributed by atoms with van der Waals surface area (Å²) in [6.45, 7) is 3.32. The lowest BCUT2D eigenvalue weighted by atomic mass is 10.0. The molecule has 0 bridgehead atoms. The second-order valence-electron chi connectivity index (χ2n) is 7.49. The lowest BCUT2D eigenvalue weighted by Gasteiger charge is -2.20. The Morgan fingerprint density at radius 1 is 1.23 bits per heavy atom. The highest BCUT2D eigenvalue weighted by atomic mass is 16.5. The van der Waals surface area contributed by atoms with E-state index < -0.39 is 0 Å². The molecule has 7 nitrogen and oxygen atoms in total. The number of rotatable bonds is 8. The number of benzene rings is 1. The number of nitrogens with zero attached hydrogens (tertiary/aromatic N) is 2. The third kappa shape index (κ3) is 5.09. The number of pyridine rings is 1. The lowest BCUT2D eigenvalue weighted by Crippen LogP contribution is -2.29. The number of aromatic nitrogens is 1. The number of nitrogens with one attached hydrogen (secondary N) is 1. The molecule has 0 saturated carbocycles. The number of hydrogen-bond donors (Lipinski definition) is 1. The van der Waals surface area contributed by atoms with E-state index in [1.807, 2.05) is 30.0 Å². The smallest absolute Gasteiger partial charge is 0.254 e. The van der Waals surface area contributed by atoms with Gasteiger partial charge in [-0.25, -0.2) is 0 Å². The van der Waals surface area contributed by atoms with Gasteiger partial charge < -0.3 is 19.7 Å². The predicted octanol–water partition coefficient (Wildman–Crippen LogP) is 3.54. The van der Waals surface area contributed by atoms with Crippen LogP contribution in [0.25, 0.3) is 0 Å². The zero-order chi connectivity index (χ0) is 21.5. The summed E-state index contributed by atoms with van der Waals surface area (Å²) in [5.41, 5.74) is 1.96. The van der Waals surface area contributed by atoms with Gasteiger partial charge >= 0.3 is 0 Å². The Morgan fingerprint density at radius 2 is 2.07 bits per heavy atom. The van der Waals surface area contributed by atoms with Crippen molar-refractivity contribution in [3.8, 4) is 11.5 Å². The molecule has 0 aliphatic carbocycles. The van der Waals surface area contributed by atoms with Gasteiger partial charge in [0, 0.05) is 37.0 Å². The number of likely N-dealkylation sites (tertiary alicyclic amines) is 1. The standard InChI is InChI=1S/C23H29N3O4/c1-4-7-21(27)25-19-13-17(14-20(29-2)22(19)30-3)23(28)26-11-9-16(15-26)12-18-8-5-6-10-24-18/h5-6,8,10,13-14,16H,4,7,9,11-12,15H2,1-3H3,(H,25,27). The van der Waals surface area contributed by atoms with Crippen LogP contribution < -0.4 is 14.8 Å². The summed E-state index contributed by atoms with van der Waals surface area (Å²) in [4.78, 5) is 31.5. The quantitative estimate of drug-likeness (QED) is 0.719. The molecule has 2 aromatic rings. The molecule has 2 heterocycles. The summed E-state index contributed by atoms with van der Waals surface area (Å²) < 4.78 is 10.8. The van der Waals surface area contributed by atoms with Crippen molar-refractivity contribution in [3.05, 3.63) is 47.8 Å². The van der Waals surface area contributed by atoms with E-state index in [1.54, 1.807) is 18.3 Å². The molecule has 7 heteroatoms. The average Bonchev–Trinajstić information content (AvgIpc) is 3.21. The Kier molecular flexibility index (Phi) is 7.27. The third-order valence-corrected chi connectivity index (χ3v) is 5.27. The summed E-state index contributed by atoms with van der Waals surface area (Å²) in [7, 11) is 3.03. The first-order chi connectivity index (χ1) is 14.5. The van der Waals surface area contributed by atoms with Gasteiger partial charge in [-0.1, -0.05) is 13.0 Å². The first kappa shape index (κ1) is 21.6. The van der Waals surface area contributed by atoms with Crippen molar-refractivity contribution in [2.45, 2.75) is 32.6 Å². The lowest BCUT2D eigenvalue weighted by molar-refractivity contribution is -0.116. The van der Waals surface area contributed by atoms with Crippen LogP contribution in [-0.2, 0) is 11.2 Å². The van der Waals surface area contributed by atoms with Gasteiger partial charge in [-0.15, -0.1) is 0 Å². The Hall–Kier alpha value is -3.09. The SMILES string of the molecule is CCCC(=O)Nc1cc(C(=O)N2CCC(Cc3ccccn3)C2)cc(OC)c1OC. The van der Waals surface area contributed by atoms with E-state index in [1.165, 1.54) is 14.2 Å². The second-order valence-corrected chi connectivity index (χ2v) is 7.49. The molecule has 3 rings (SSSR count). The van der Waals surface area contributed by atoms with Crippen LogP contribution >= 0.6 is 0 Å². The first-order valence-corrected chi connectivity index (χ1v) is 10.3. The number of hydrogen-bond acceptors (Lipinski definition) is 5. The minimum atomic E-state index is -0.126. The number of ether oxygens (including phenoxy) is 2. The van der Waals surface area contributed by atoms with Crippen molar-refractivity contribution in [2.75, 3.05) is 32.6 Å². The van der Waals surface area contributed by atoms with E-state index in [4.69, 9.17) is 9.47 Å². The van der Waals surface area contributed by atoms with Crippen molar-refractivity contribution in [1.29, 1.82) is 0 Å². The number of carbonyl (C=O) groups excluding carboxylic acids is 2. The van der Waals surface area contributed by atoms with Gasteiger partial charge in [0.15, 0.2) is 11.5 Å². The number of amides is 2. The maximum Gasteiger partial charge on any atom is 0.254 e. The van der Waals surface area contributed by atoms with Crippen LogP contribution in [0.15, 0.2) is 36.5 Å². The molecular formula is C23H29N3O4. The van der Waals surface area contributed by atoms with E-state index in [2.05, 4.69) is 10.3 Å². The van der Waals surface area contributed by atoms with Crippen molar-refractivity contribution >= 4 is 17.5 Å². The van der Waals surface area contributed by atoms with E-state index in [0.29, 0.717) is 48.2 Å². The van der Waals surface area contributed by atoms with Crippen LogP contribution in [0.4, 0.5) is 5.69 Å². The Labute approximate surface area is 177 Å². The molecule has 30 heavy (non-hydrogen) atoms. The van der Waals surface area contributed by atoms with Gasteiger partial charge in [0.2, 0.25) is 5.91 Å². The molecule has 1 saturated heterocycles. The molecule has 2 amide bonds. The van der Waals surface area contributed by atoms with Gasteiger partial charge in [0.1, 0.15) is 0 Å². The fraction of sp³-hybridized carbons (Fsp3) is 0.435. The topological polar surface area (TPSA) is 80.8 Å². The molecule has 0 radical (unpaired) electrons. The largest absolute Gasteiger partial charge is 0.493 e. The molecule has 1 N–H and O–H groups in total. The minimum Gasteiger partial charge on any atom is -0.493 e. The van der Waals surface area contributed by atoms with Crippen LogP contribution in [0.3, 0.4) is 0 Å². The van der Waals surface area contributed by atoms with E-state index in [9.17, 15) is 9.59 Å². The molecule has 1 aliphatic rings. The highest BCUT2D eigenvalue weighted by molar-refractivity contribution is 5.99. The Morgan fingerprint density at radius 3 is 2.73 bits per heavy atom. The fourth-order valence-corrected chi connectivity index (χ4v) is 3.80. The van der Waals surface area contributed by atoms with Crippen LogP contribution in [-0.4, -0.2) is 49.0 Å². The van der Waals surface area contributed by atoms with Gasteiger partial charge in [-0.3, -0.25) is 14.6 Å². The highest BCUT2D eigenvalue weighted by Crippen LogP contribution is 2.37. The minimum absolute atomic E-state index is 0.0783. The van der Waals surface area contributed by atoms with Gasteiger partial charge in [-0.05, 0) is 49.4 Å². The summed E-state index contributed by atoms with van der Waals surface area (Å²) in [5, 5.41) is 2.84. The van der Waals surface area contributed by atoms with Crippen LogP contribution in [0, 0.1) is 5.92 Å². The normalized spacial score (nSPS) is 15.7. The predicted molar refractivity (Wildman–Crippen MR) is 115 cm³/mol. The first-order valence-electron chi connectivity index (χ1n) is 10.3. The maximum atomic E-state index is 13.2. The zero-order valence-electron chi connectivity index (χ0n) is 17.8. The van der Waals surface area contributed by atoms with E-state index >= 15 is 0 Å². The van der Waals surface area contributed by atoms with Crippen LogP contribution in [0.2, 0.25) is 0 Å².